The van der Waals surface area contributed by atoms with Crippen molar-refractivity contribution in [2.45, 2.75) is 5.41 Å². The number of hydrogen-bond acceptors (Lipinski definition) is 1. The van der Waals surface area contributed by atoms with Crippen LogP contribution in [0.3, 0.4) is 0 Å². The highest BCUT2D eigenvalue weighted by Gasteiger charge is 2.53. The van der Waals surface area contributed by atoms with E-state index in [2.05, 4.69) is 182 Å². The largest absolute Gasteiger partial charge is 0.135 e. The lowest BCUT2D eigenvalue weighted by Crippen LogP contribution is -2.25. The third kappa shape index (κ3) is 3.51. The van der Waals surface area contributed by atoms with Crippen molar-refractivity contribution in [3.8, 4) is 43.8 Å². The molecule has 0 saturated heterocycles. The topological polar surface area (TPSA) is 0 Å². The first-order chi connectivity index (χ1) is 25.8. The highest BCUT2D eigenvalue weighted by Crippen LogP contribution is 2.67. The smallest absolute Gasteiger partial charge is 0.0740 e. The van der Waals surface area contributed by atoms with Crippen molar-refractivity contribution in [3.05, 3.63) is 204 Å². The van der Waals surface area contributed by atoms with E-state index in [-0.39, 0.29) is 0 Å². The molecular formula is C51H30S. The summed E-state index contributed by atoms with van der Waals surface area (Å²) in [6.45, 7) is 0. The van der Waals surface area contributed by atoms with Crippen molar-refractivity contribution in [3.63, 3.8) is 0 Å². The lowest BCUT2D eigenvalue weighted by Gasteiger charge is -2.30. The Bertz CT molecular complexity index is 3130. The monoisotopic (exact) mass is 674 g/mol. The van der Waals surface area contributed by atoms with Crippen molar-refractivity contribution in [1.82, 2.24) is 0 Å². The van der Waals surface area contributed by atoms with Crippen LogP contribution < -0.4 is 0 Å². The van der Waals surface area contributed by atoms with E-state index in [1.54, 1.807) is 0 Å². The molecule has 0 bridgehead atoms. The minimum absolute atomic E-state index is 0.391. The van der Waals surface area contributed by atoms with E-state index in [0.29, 0.717) is 0 Å². The predicted molar refractivity (Wildman–Crippen MR) is 222 cm³/mol. The molecule has 240 valence electrons. The van der Waals surface area contributed by atoms with Gasteiger partial charge in [0.1, 0.15) is 0 Å². The Morgan fingerprint density at radius 2 is 0.846 bits per heavy atom. The molecule has 2 aliphatic carbocycles. The summed E-state index contributed by atoms with van der Waals surface area (Å²) in [7, 11) is 0. The molecule has 10 aromatic rings. The Labute approximate surface area is 305 Å². The molecule has 1 spiro atoms. The van der Waals surface area contributed by atoms with E-state index < -0.39 is 5.41 Å². The molecule has 0 fully saturated rings. The van der Waals surface area contributed by atoms with Gasteiger partial charge < -0.3 is 0 Å². The van der Waals surface area contributed by atoms with Gasteiger partial charge in [-0.3, -0.25) is 0 Å². The summed E-state index contributed by atoms with van der Waals surface area (Å²) in [6, 6.07) is 68.3. The van der Waals surface area contributed by atoms with Crippen LogP contribution in [0.2, 0.25) is 0 Å². The molecule has 9 aromatic carbocycles. The minimum Gasteiger partial charge on any atom is -0.135 e. The van der Waals surface area contributed by atoms with Gasteiger partial charge in [0, 0.05) is 9.58 Å². The van der Waals surface area contributed by atoms with E-state index in [4.69, 9.17) is 0 Å². The summed E-state index contributed by atoms with van der Waals surface area (Å²) in [4.78, 5) is 1.40. The molecule has 1 atom stereocenters. The van der Waals surface area contributed by atoms with Gasteiger partial charge in [0.2, 0.25) is 0 Å². The van der Waals surface area contributed by atoms with Gasteiger partial charge in [-0.2, -0.15) is 0 Å². The van der Waals surface area contributed by atoms with Crippen molar-refractivity contribution in [2.75, 3.05) is 0 Å². The zero-order chi connectivity index (χ0) is 34.0. The molecule has 1 heteroatoms. The quantitative estimate of drug-likeness (QED) is 0.160. The summed E-state index contributed by atoms with van der Waals surface area (Å²) < 4.78 is 1.35. The predicted octanol–water partition coefficient (Wildman–Crippen LogP) is 14.0. The molecule has 1 unspecified atom stereocenters. The summed E-state index contributed by atoms with van der Waals surface area (Å²) in [5.41, 5.74) is 14.4. The van der Waals surface area contributed by atoms with Crippen molar-refractivity contribution in [1.29, 1.82) is 0 Å². The summed E-state index contributed by atoms with van der Waals surface area (Å²) in [6.07, 6.45) is 0. The lowest BCUT2D eigenvalue weighted by molar-refractivity contribution is 0.803. The Balaban J connectivity index is 1.22. The average Bonchev–Trinajstić information content (AvgIpc) is 3.84. The van der Waals surface area contributed by atoms with Crippen LogP contribution in [0.25, 0.3) is 86.2 Å². The number of benzene rings is 9. The molecule has 0 radical (unpaired) electrons. The van der Waals surface area contributed by atoms with E-state index in [9.17, 15) is 0 Å². The van der Waals surface area contributed by atoms with Crippen LogP contribution in [0.1, 0.15) is 22.3 Å². The molecule has 1 heterocycles. The third-order valence-electron chi connectivity index (χ3n) is 11.9. The van der Waals surface area contributed by atoms with E-state index in [1.807, 2.05) is 11.3 Å². The zero-order valence-corrected chi connectivity index (χ0v) is 29.0. The van der Waals surface area contributed by atoms with Crippen LogP contribution in [0.15, 0.2) is 182 Å². The van der Waals surface area contributed by atoms with Crippen molar-refractivity contribution in [2.24, 2.45) is 0 Å². The van der Waals surface area contributed by atoms with Gasteiger partial charge >= 0.3 is 0 Å². The van der Waals surface area contributed by atoms with E-state index in [0.717, 1.165) is 0 Å². The second-order valence-electron chi connectivity index (χ2n) is 14.3. The first-order valence-corrected chi connectivity index (χ1v) is 18.9. The maximum Gasteiger partial charge on any atom is 0.0740 e. The molecule has 0 amide bonds. The van der Waals surface area contributed by atoms with Crippen molar-refractivity contribution >= 4 is 53.7 Å². The number of hydrogen-bond donors (Lipinski definition) is 0. The van der Waals surface area contributed by atoms with Gasteiger partial charge in [-0.1, -0.05) is 164 Å². The SMILES string of the molecule is c1ccc(-c2cc3c4ccccc4c(-c4cccc5c4-c4ccccc4C54c5ccccc5-c5sc6ccccc6c54)cc3c3ccccc23)cc1. The Hall–Kier alpha value is -6.28. The van der Waals surface area contributed by atoms with E-state index >= 15 is 0 Å². The highest BCUT2D eigenvalue weighted by molar-refractivity contribution is 7.22. The Kier molecular flexibility index (Phi) is 5.68. The molecule has 52 heavy (non-hydrogen) atoms. The molecule has 0 nitrogen and oxygen atoms in total. The number of fused-ring (bicyclic) bond motifs is 17. The number of thiophene rings is 1. The molecule has 0 saturated carbocycles. The van der Waals surface area contributed by atoms with Crippen LogP contribution in [0.5, 0.6) is 0 Å². The maximum atomic E-state index is 2.49. The van der Waals surface area contributed by atoms with Gasteiger partial charge in [0.15, 0.2) is 0 Å². The summed E-state index contributed by atoms with van der Waals surface area (Å²) in [5.74, 6) is 0. The van der Waals surface area contributed by atoms with Gasteiger partial charge in [-0.25, -0.2) is 0 Å². The second-order valence-corrected chi connectivity index (χ2v) is 15.3. The lowest BCUT2D eigenvalue weighted by atomic mass is 9.70. The van der Waals surface area contributed by atoms with Crippen LogP contribution >= 0.6 is 11.3 Å². The van der Waals surface area contributed by atoms with Crippen LogP contribution in [-0.2, 0) is 5.41 Å². The molecule has 0 N–H and O–H groups in total. The normalized spacial score (nSPS) is 15.4. The van der Waals surface area contributed by atoms with Gasteiger partial charge in [0.05, 0.1) is 5.41 Å². The van der Waals surface area contributed by atoms with Crippen molar-refractivity contribution < 1.29 is 0 Å². The molecular weight excluding hydrogens is 645 g/mol. The molecule has 2 aliphatic rings. The standard InChI is InChI=1S/C51H30S/c1-2-15-31(16-3-1)40-29-42-35-20-7-6-19-34(35)41(30-43(42)33-18-5-4-17-32(33)40)36-24-14-27-46-48(36)37-21-8-11-25-44(37)51(46)45-26-12-9-22-38(45)50-49(51)39-23-10-13-28-47(39)52-50/h1-30H. The van der Waals surface area contributed by atoms with Gasteiger partial charge in [0.25, 0.3) is 0 Å². The number of rotatable bonds is 2. The molecule has 0 aliphatic heterocycles. The van der Waals surface area contributed by atoms with Gasteiger partial charge in [-0.15, -0.1) is 11.3 Å². The minimum atomic E-state index is -0.391. The fraction of sp³-hybridized carbons (Fsp3) is 0.0196. The zero-order valence-electron chi connectivity index (χ0n) is 28.2. The first kappa shape index (κ1) is 28.4. The molecule has 12 rings (SSSR count). The van der Waals surface area contributed by atoms with Crippen LogP contribution in [-0.4, -0.2) is 0 Å². The van der Waals surface area contributed by atoms with Crippen LogP contribution in [0.4, 0.5) is 0 Å². The summed E-state index contributed by atoms with van der Waals surface area (Å²) in [5, 5.41) is 9.08. The first-order valence-electron chi connectivity index (χ1n) is 18.1. The Morgan fingerprint density at radius 1 is 0.327 bits per heavy atom. The fourth-order valence-electron chi connectivity index (χ4n) is 9.89. The molecule has 1 aromatic heterocycles. The fourth-order valence-corrected chi connectivity index (χ4v) is 11.2. The Morgan fingerprint density at radius 3 is 1.60 bits per heavy atom. The maximum absolute atomic E-state index is 2.49. The second kappa shape index (κ2) is 10.4. The summed E-state index contributed by atoms with van der Waals surface area (Å²) >= 11 is 1.94. The van der Waals surface area contributed by atoms with E-state index in [1.165, 1.54) is 108 Å². The van der Waals surface area contributed by atoms with Crippen LogP contribution in [0, 0.1) is 0 Å². The van der Waals surface area contributed by atoms with Gasteiger partial charge in [-0.05, 0) is 117 Å². The average molecular weight is 675 g/mol. The third-order valence-corrected chi connectivity index (χ3v) is 13.1. The highest BCUT2D eigenvalue weighted by atomic mass is 32.1.